The first-order valence-corrected chi connectivity index (χ1v) is 9.56. The van der Waals surface area contributed by atoms with Crippen LogP contribution in [0.25, 0.3) is 0 Å². The fraction of sp³-hybridized carbons (Fsp3) is 0.471. The molecule has 1 fully saturated rings. The summed E-state index contributed by atoms with van der Waals surface area (Å²) < 4.78 is 5.05. The van der Waals surface area contributed by atoms with Crippen LogP contribution in [0.4, 0.5) is 0 Å². The number of hydrogen-bond donors (Lipinski definition) is 1. The first kappa shape index (κ1) is 17.9. The van der Waals surface area contributed by atoms with Crippen molar-refractivity contribution < 1.29 is 14.1 Å². The number of hydrogen-bond acceptors (Lipinski definition) is 5. The molecular weight excluding hydrogens is 362 g/mol. The zero-order chi connectivity index (χ0) is 17.8. The third kappa shape index (κ3) is 4.22. The Hall–Kier alpha value is -1.86. The van der Waals surface area contributed by atoms with Crippen molar-refractivity contribution in [3.05, 3.63) is 38.9 Å². The van der Waals surface area contributed by atoms with Crippen molar-refractivity contribution in [3.63, 3.8) is 0 Å². The number of thiophene rings is 1. The van der Waals surface area contributed by atoms with E-state index in [0.29, 0.717) is 35.2 Å². The molecule has 0 radical (unpaired) electrons. The van der Waals surface area contributed by atoms with Crippen molar-refractivity contribution in [2.45, 2.75) is 38.6 Å². The third-order valence-electron chi connectivity index (χ3n) is 4.20. The molecule has 2 aromatic rings. The Morgan fingerprint density at radius 3 is 3.04 bits per heavy atom. The van der Waals surface area contributed by atoms with Crippen LogP contribution in [0.15, 0.2) is 22.7 Å². The zero-order valence-electron chi connectivity index (χ0n) is 14.0. The highest BCUT2D eigenvalue weighted by atomic mass is 35.5. The van der Waals surface area contributed by atoms with Crippen molar-refractivity contribution in [1.82, 2.24) is 15.4 Å². The molecule has 0 spiro atoms. The van der Waals surface area contributed by atoms with Crippen molar-refractivity contribution in [2.75, 3.05) is 13.1 Å². The lowest BCUT2D eigenvalue weighted by molar-refractivity contribution is -0.132. The van der Waals surface area contributed by atoms with E-state index in [2.05, 4.69) is 10.5 Å². The topological polar surface area (TPSA) is 75.4 Å². The molecular formula is C17H20ClN3O3S. The number of carbonyl (C=O) groups is 2. The van der Waals surface area contributed by atoms with Gasteiger partial charge in [0.25, 0.3) is 5.91 Å². The van der Waals surface area contributed by atoms with Gasteiger partial charge < -0.3 is 14.7 Å². The van der Waals surface area contributed by atoms with Crippen molar-refractivity contribution in [2.24, 2.45) is 0 Å². The van der Waals surface area contributed by atoms with Crippen LogP contribution in [-0.4, -0.2) is 35.0 Å². The number of amides is 2. The molecule has 2 aromatic heterocycles. The van der Waals surface area contributed by atoms with E-state index < -0.39 is 0 Å². The molecule has 0 aliphatic carbocycles. The zero-order valence-corrected chi connectivity index (χ0v) is 15.5. The van der Waals surface area contributed by atoms with Gasteiger partial charge in [-0.3, -0.25) is 9.59 Å². The Morgan fingerprint density at radius 2 is 2.32 bits per heavy atom. The summed E-state index contributed by atoms with van der Waals surface area (Å²) in [6.45, 7) is 3.24. The standard InChI is InChI=1S/C17H20ClN3O3S/c1-2-19-17(23)14-7-6-13(25-14)12-4-3-9-21(12)16(22)8-5-11-10-15(18)20-24-11/h6-7,10,12H,2-5,8-9H2,1H3,(H,19,23). The number of likely N-dealkylation sites (tertiary alicyclic amines) is 1. The number of carbonyl (C=O) groups excluding carboxylic acids is 2. The van der Waals surface area contributed by atoms with E-state index in [1.54, 1.807) is 6.07 Å². The molecule has 8 heteroatoms. The quantitative estimate of drug-likeness (QED) is 0.831. The molecule has 3 rings (SSSR count). The summed E-state index contributed by atoms with van der Waals surface area (Å²) in [5, 5.41) is 6.73. The maximum atomic E-state index is 12.6. The van der Waals surface area contributed by atoms with Crippen LogP contribution >= 0.6 is 22.9 Å². The van der Waals surface area contributed by atoms with Crippen LogP contribution in [0.3, 0.4) is 0 Å². The highest BCUT2D eigenvalue weighted by Gasteiger charge is 2.31. The van der Waals surface area contributed by atoms with Gasteiger partial charge in [0, 0.05) is 36.9 Å². The SMILES string of the molecule is CCNC(=O)c1ccc(C2CCCN2C(=O)CCc2cc(Cl)no2)s1. The Balaban J connectivity index is 1.63. The summed E-state index contributed by atoms with van der Waals surface area (Å²) in [4.78, 5) is 28.2. The lowest BCUT2D eigenvalue weighted by atomic mass is 10.1. The van der Waals surface area contributed by atoms with Crippen LogP contribution in [0.5, 0.6) is 0 Å². The van der Waals surface area contributed by atoms with E-state index in [4.69, 9.17) is 16.1 Å². The minimum atomic E-state index is -0.0585. The Morgan fingerprint density at radius 1 is 1.48 bits per heavy atom. The average molecular weight is 382 g/mol. The molecule has 1 N–H and O–H groups in total. The van der Waals surface area contributed by atoms with E-state index in [1.165, 1.54) is 11.3 Å². The van der Waals surface area contributed by atoms with Gasteiger partial charge in [0.15, 0.2) is 5.15 Å². The summed E-state index contributed by atoms with van der Waals surface area (Å²) in [6.07, 6.45) is 2.74. The second kappa shape index (κ2) is 8.01. The Kier molecular flexibility index (Phi) is 5.75. The number of halogens is 1. The molecule has 3 heterocycles. The van der Waals surface area contributed by atoms with E-state index in [0.717, 1.165) is 24.3 Å². The lowest BCUT2D eigenvalue weighted by Gasteiger charge is -2.23. The molecule has 0 aromatic carbocycles. The molecule has 1 atom stereocenters. The predicted octanol–water partition coefficient (Wildman–Crippen LogP) is 3.44. The maximum absolute atomic E-state index is 12.6. The van der Waals surface area contributed by atoms with Gasteiger partial charge in [0.2, 0.25) is 5.91 Å². The summed E-state index contributed by atoms with van der Waals surface area (Å²) in [5.41, 5.74) is 0. The smallest absolute Gasteiger partial charge is 0.261 e. The summed E-state index contributed by atoms with van der Waals surface area (Å²) in [7, 11) is 0. The lowest BCUT2D eigenvalue weighted by Crippen LogP contribution is -2.30. The molecule has 1 aliphatic rings. The fourth-order valence-corrected chi connectivity index (χ4v) is 4.27. The van der Waals surface area contributed by atoms with Crippen LogP contribution in [0.2, 0.25) is 5.15 Å². The minimum Gasteiger partial charge on any atom is -0.360 e. The number of rotatable bonds is 6. The van der Waals surface area contributed by atoms with E-state index >= 15 is 0 Å². The molecule has 2 amide bonds. The van der Waals surface area contributed by atoms with Crippen LogP contribution in [-0.2, 0) is 11.2 Å². The summed E-state index contributed by atoms with van der Waals surface area (Å²) in [6, 6.07) is 5.48. The molecule has 1 saturated heterocycles. The van der Waals surface area contributed by atoms with Gasteiger partial charge in [0.1, 0.15) is 5.76 Å². The van der Waals surface area contributed by atoms with Gasteiger partial charge in [-0.15, -0.1) is 11.3 Å². The minimum absolute atomic E-state index is 0.0546. The largest absolute Gasteiger partial charge is 0.360 e. The van der Waals surface area contributed by atoms with Crippen molar-refractivity contribution >= 4 is 34.8 Å². The molecule has 25 heavy (non-hydrogen) atoms. The number of nitrogens with one attached hydrogen (secondary N) is 1. The van der Waals surface area contributed by atoms with Gasteiger partial charge in [-0.2, -0.15) is 0 Å². The first-order chi connectivity index (χ1) is 12.1. The van der Waals surface area contributed by atoms with Gasteiger partial charge in [-0.25, -0.2) is 0 Å². The predicted molar refractivity (Wildman–Crippen MR) is 95.8 cm³/mol. The first-order valence-electron chi connectivity index (χ1n) is 8.37. The molecule has 0 bridgehead atoms. The Bertz CT molecular complexity index is 758. The highest BCUT2D eigenvalue weighted by molar-refractivity contribution is 7.14. The number of aryl methyl sites for hydroxylation is 1. The second-order valence-electron chi connectivity index (χ2n) is 5.92. The number of nitrogens with zero attached hydrogens (tertiary/aromatic N) is 2. The van der Waals surface area contributed by atoms with Crippen molar-refractivity contribution in [1.29, 1.82) is 0 Å². The van der Waals surface area contributed by atoms with Gasteiger partial charge in [-0.1, -0.05) is 16.8 Å². The molecule has 1 unspecified atom stereocenters. The fourth-order valence-electron chi connectivity index (χ4n) is 3.04. The maximum Gasteiger partial charge on any atom is 0.261 e. The molecule has 134 valence electrons. The summed E-state index contributed by atoms with van der Waals surface area (Å²) in [5.74, 6) is 0.642. The molecule has 1 aliphatic heterocycles. The van der Waals surface area contributed by atoms with Crippen molar-refractivity contribution in [3.8, 4) is 0 Å². The van der Waals surface area contributed by atoms with Crippen LogP contribution in [0.1, 0.15) is 52.5 Å². The van der Waals surface area contributed by atoms with E-state index in [-0.39, 0.29) is 17.9 Å². The molecule has 0 saturated carbocycles. The molecule has 6 nitrogen and oxygen atoms in total. The van der Waals surface area contributed by atoms with Gasteiger partial charge >= 0.3 is 0 Å². The summed E-state index contributed by atoms with van der Waals surface area (Å²) >= 11 is 7.19. The monoisotopic (exact) mass is 381 g/mol. The van der Waals surface area contributed by atoms with Gasteiger partial charge in [-0.05, 0) is 31.9 Å². The average Bonchev–Trinajstić information content (AvgIpc) is 3.32. The normalized spacial score (nSPS) is 17.0. The highest BCUT2D eigenvalue weighted by Crippen LogP contribution is 2.36. The van der Waals surface area contributed by atoms with E-state index in [1.807, 2.05) is 24.0 Å². The van der Waals surface area contributed by atoms with E-state index in [9.17, 15) is 9.59 Å². The third-order valence-corrected chi connectivity index (χ3v) is 5.57. The van der Waals surface area contributed by atoms with Gasteiger partial charge in [0.05, 0.1) is 10.9 Å². The number of aromatic nitrogens is 1. The Labute approximate surface area is 155 Å². The van der Waals surface area contributed by atoms with Crippen LogP contribution < -0.4 is 5.32 Å². The van der Waals surface area contributed by atoms with Crippen LogP contribution in [0, 0.1) is 0 Å². The second-order valence-corrected chi connectivity index (χ2v) is 7.43.